The fraction of sp³-hybridized carbons (Fsp3) is 0.643. The van der Waals surface area contributed by atoms with Crippen LogP contribution in [0.15, 0.2) is 28.9 Å². The van der Waals surface area contributed by atoms with Crippen molar-refractivity contribution >= 4 is 10.0 Å². The number of hydrogen-bond acceptors (Lipinski definition) is 5. The largest absolute Gasteiger partial charge is 0.380 e. The lowest BCUT2D eigenvalue weighted by molar-refractivity contribution is -0.0418. The van der Waals surface area contributed by atoms with E-state index in [0.717, 1.165) is 0 Å². The van der Waals surface area contributed by atoms with Crippen molar-refractivity contribution in [1.82, 2.24) is 14.5 Å². The monoisotopic (exact) mass is 329 g/mol. The lowest BCUT2D eigenvalue weighted by Gasteiger charge is -2.31. The van der Waals surface area contributed by atoms with Crippen molar-refractivity contribution < 1.29 is 17.9 Å². The summed E-state index contributed by atoms with van der Waals surface area (Å²) in [7, 11) is -1.95. The van der Waals surface area contributed by atoms with E-state index in [4.69, 9.17) is 9.47 Å². The third-order valence-electron chi connectivity index (χ3n) is 3.39. The minimum Gasteiger partial charge on any atom is -0.380 e. The second-order valence-corrected chi connectivity index (χ2v) is 7.31. The highest BCUT2D eigenvalue weighted by atomic mass is 32.2. The molecule has 22 heavy (non-hydrogen) atoms. The van der Waals surface area contributed by atoms with E-state index in [1.54, 1.807) is 7.05 Å². The fourth-order valence-corrected chi connectivity index (χ4v) is 3.40. The van der Waals surface area contributed by atoms with Gasteiger partial charge in [0.05, 0.1) is 31.6 Å². The maximum absolute atomic E-state index is 12.4. The van der Waals surface area contributed by atoms with Gasteiger partial charge in [-0.05, 0) is 20.3 Å². The number of sulfonamides is 1. The standard InChI is InChI=1S/C14H23N3O4S/c1-11(2)4-7-21-14-5-6-20-10-13(14)16-22(18,19)12-8-15-17(3)9-12/h4,8-9,13-14,16H,5-7,10H2,1-3H3/t13-,14+/m1/s1. The molecule has 0 bridgehead atoms. The van der Waals surface area contributed by atoms with E-state index in [1.807, 2.05) is 19.9 Å². The van der Waals surface area contributed by atoms with Crippen LogP contribution in [0.25, 0.3) is 0 Å². The van der Waals surface area contributed by atoms with E-state index in [2.05, 4.69) is 9.82 Å². The smallest absolute Gasteiger partial charge is 0.244 e. The first-order valence-corrected chi connectivity index (χ1v) is 8.70. The summed E-state index contributed by atoms with van der Waals surface area (Å²) >= 11 is 0. The number of nitrogens with one attached hydrogen (secondary N) is 1. The van der Waals surface area contributed by atoms with Gasteiger partial charge in [-0.2, -0.15) is 5.10 Å². The van der Waals surface area contributed by atoms with Crippen LogP contribution in [0.3, 0.4) is 0 Å². The van der Waals surface area contributed by atoms with Crippen LogP contribution in [0, 0.1) is 0 Å². The predicted octanol–water partition coefficient (Wildman–Crippen LogP) is 0.839. The molecule has 2 atom stereocenters. The van der Waals surface area contributed by atoms with Crippen LogP contribution >= 0.6 is 0 Å². The second kappa shape index (κ2) is 7.36. The number of aryl methyl sites for hydroxylation is 1. The van der Waals surface area contributed by atoms with Crippen LogP contribution in [-0.2, 0) is 26.5 Å². The highest BCUT2D eigenvalue weighted by molar-refractivity contribution is 7.89. The maximum Gasteiger partial charge on any atom is 0.244 e. The Hall–Kier alpha value is -1.22. The maximum atomic E-state index is 12.4. The molecule has 1 saturated heterocycles. The molecular weight excluding hydrogens is 306 g/mol. The molecule has 1 fully saturated rings. The van der Waals surface area contributed by atoms with Gasteiger partial charge in [0.1, 0.15) is 4.90 Å². The zero-order valence-electron chi connectivity index (χ0n) is 13.2. The average Bonchev–Trinajstić information content (AvgIpc) is 2.87. The van der Waals surface area contributed by atoms with Gasteiger partial charge in [0.15, 0.2) is 0 Å². The van der Waals surface area contributed by atoms with Gasteiger partial charge in [-0.3, -0.25) is 4.68 Å². The van der Waals surface area contributed by atoms with Crippen molar-refractivity contribution in [3.63, 3.8) is 0 Å². The van der Waals surface area contributed by atoms with Gasteiger partial charge in [0.2, 0.25) is 10.0 Å². The molecule has 0 aliphatic carbocycles. The van der Waals surface area contributed by atoms with Gasteiger partial charge in [-0.15, -0.1) is 0 Å². The predicted molar refractivity (Wildman–Crippen MR) is 81.9 cm³/mol. The summed E-state index contributed by atoms with van der Waals surface area (Å²) in [6, 6.07) is -0.399. The molecule has 1 aliphatic heterocycles. The topological polar surface area (TPSA) is 82.4 Å². The molecule has 8 heteroatoms. The SMILES string of the molecule is CC(C)=CCO[C@H]1CCOC[C@H]1NS(=O)(=O)c1cnn(C)c1. The van der Waals surface area contributed by atoms with Crippen LogP contribution in [0.1, 0.15) is 20.3 Å². The molecule has 0 unspecified atom stereocenters. The number of hydrogen-bond donors (Lipinski definition) is 1. The number of rotatable bonds is 6. The summed E-state index contributed by atoms with van der Waals surface area (Å²) in [5, 5.41) is 3.89. The lowest BCUT2D eigenvalue weighted by Crippen LogP contribution is -2.50. The fourth-order valence-electron chi connectivity index (χ4n) is 2.17. The van der Waals surface area contributed by atoms with E-state index >= 15 is 0 Å². The molecule has 0 amide bonds. The minimum atomic E-state index is -3.62. The Morgan fingerprint density at radius 2 is 2.36 bits per heavy atom. The van der Waals surface area contributed by atoms with Gasteiger partial charge < -0.3 is 9.47 Å². The Kier molecular flexibility index (Phi) is 5.74. The van der Waals surface area contributed by atoms with Crippen LogP contribution in [0.5, 0.6) is 0 Å². The molecule has 0 radical (unpaired) electrons. The summed E-state index contributed by atoms with van der Waals surface area (Å²) in [4.78, 5) is 0.142. The van der Waals surface area contributed by atoms with E-state index in [0.29, 0.717) is 26.2 Å². The van der Waals surface area contributed by atoms with Crippen molar-refractivity contribution in [2.24, 2.45) is 7.05 Å². The van der Waals surface area contributed by atoms with E-state index in [1.165, 1.54) is 22.6 Å². The molecule has 7 nitrogen and oxygen atoms in total. The average molecular weight is 329 g/mol. The molecule has 1 N–H and O–H groups in total. The Morgan fingerprint density at radius 1 is 1.59 bits per heavy atom. The zero-order chi connectivity index (χ0) is 16.2. The normalized spacial score (nSPS) is 22.5. The van der Waals surface area contributed by atoms with Crippen LogP contribution in [0.2, 0.25) is 0 Å². The van der Waals surface area contributed by atoms with Crippen molar-refractivity contribution in [3.05, 3.63) is 24.0 Å². The number of aromatic nitrogens is 2. The third kappa shape index (κ3) is 4.64. The van der Waals surface area contributed by atoms with Gasteiger partial charge in [-0.1, -0.05) is 11.6 Å². The Morgan fingerprint density at radius 3 is 3.00 bits per heavy atom. The molecule has 2 rings (SSSR count). The highest BCUT2D eigenvalue weighted by Gasteiger charge is 2.31. The van der Waals surface area contributed by atoms with Crippen LogP contribution in [-0.4, -0.2) is 50.2 Å². The zero-order valence-corrected chi connectivity index (χ0v) is 14.0. The van der Waals surface area contributed by atoms with E-state index in [-0.39, 0.29) is 11.0 Å². The molecule has 0 spiro atoms. The first-order valence-electron chi connectivity index (χ1n) is 7.22. The van der Waals surface area contributed by atoms with Gasteiger partial charge in [0.25, 0.3) is 0 Å². The quantitative estimate of drug-likeness (QED) is 0.782. The van der Waals surface area contributed by atoms with Crippen LogP contribution < -0.4 is 4.72 Å². The molecule has 1 aromatic heterocycles. The Balaban J connectivity index is 2.03. The van der Waals surface area contributed by atoms with Crippen molar-refractivity contribution in [2.45, 2.75) is 37.3 Å². The van der Waals surface area contributed by atoms with E-state index in [9.17, 15) is 8.42 Å². The molecular formula is C14H23N3O4S. The van der Waals surface area contributed by atoms with Gasteiger partial charge in [-0.25, -0.2) is 13.1 Å². The van der Waals surface area contributed by atoms with Gasteiger partial charge in [0, 0.05) is 19.9 Å². The molecule has 1 aromatic rings. The Labute approximate surface area is 131 Å². The number of nitrogens with zero attached hydrogens (tertiary/aromatic N) is 2. The van der Waals surface area contributed by atoms with E-state index < -0.39 is 16.1 Å². The van der Waals surface area contributed by atoms with Crippen molar-refractivity contribution in [2.75, 3.05) is 19.8 Å². The van der Waals surface area contributed by atoms with Crippen molar-refractivity contribution in [3.8, 4) is 0 Å². The summed E-state index contributed by atoms with van der Waals surface area (Å²) in [6.45, 7) is 5.34. The summed E-state index contributed by atoms with van der Waals surface area (Å²) in [6.07, 6.45) is 5.23. The Bertz CT molecular complexity index is 620. The molecule has 2 heterocycles. The van der Waals surface area contributed by atoms with Crippen molar-refractivity contribution in [1.29, 1.82) is 0 Å². The number of allylic oxidation sites excluding steroid dienone is 1. The second-order valence-electron chi connectivity index (χ2n) is 5.59. The summed E-state index contributed by atoms with van der Waals surface area (Å²) in [5.41, 5.74) is 1.17. The summed E-state index contributed by atoms with van der Waals surface area (Å²) < 4.78 is 40.0. The molecule has 0 saturated carbocycles. The molecule has 0 aromatic carbocycles. The minimum absolute atomic E-state index is 0.142. The highest BCUT2D eigenvalue weighted by Crippen LogP contribution is 2.16. The van der Waals surface area contributed by atoms with Crippen LogP contribution in [0.4, 0.5) is 0 Å². The third-order valence-corrected chi connectivity index (χ3v) is 4.84. The lowest BCUT2D eigenvalue weighted by atomic mass is 10.1. The first kappa shape index (κ1) is 17.1. The molecule has 1 aliphatic rings. The van der Waals surface area contributed by atoms with Gasteiger partial charge >= 0.3 is 0 Å². The first-order chi connectivity index (χ1) is 10.4. The molecule has 124 valence electrons. The number of ether oxygens (including phenoxy) is 2. The summed E-state index contributed by atoms with van der Waals surface area (Å²) in [5.74, 6) is 0.